The summed E-state index contributed by atoms with van der Waals surface area (Å²) in [5.74, 6) is -2.76. The first kappa shape index (κ1) is 15.9. The fourth-order valence-electron chi connectivity index (χ4n) is 1.84. The minimum atomic E-state index is -5.08. The quantitative estimate of drug-likeness (QED) is 0.549. The molecule has 0 radical (unpaired) electrons. The number of hydrogen-bond acceptors (Lipinski definition) is 3. The second-order valence-electron chi connectivity index (χ2n) is 4.27. The Hall–Kier alpha value is -2.48. The second-order valence-corrected chi connectivity index (χ2v) is 4.70. The lowest BCUT2D eigenvalue weighted by atomic mass is 10.2. The molecule has 0 saturated carbocycles. The van der Waals surface area contributed by atoms with Crippen LogP contribution in [0.3, 0.4) is 0 Å². The Balaban J connectivity index is 0.000000217. The van der Waals surface area contributed by atoms with Gasteiger partial charge >= 0.3 is 12.1 Å². The Morgan fingerprint density at radius 1 is 1.32 bits per heavy atom. The van der Waals surface area contributed by atoms with Gasteiger partial charge < -0.3 is 15.8 Å². The standard InChI is InChI=1S/C11H8ClN3.C2HF3O2/c12-6-3-8-7-1-2-14-5-10(7)15-11(8)9(13)4-6;3-2(4,5)1(6)7/h1-5,15H,13H2;(H,6,7). The molecule has 3 rings (SSSR count). The zero-order chi connectivity index (χ0) is 16.5. The molecular weight excluding hydrogens is 323 g/mol. The van der Waals surface area contributed by atoms with E-state index in [9.17, 15) is 13.2 Å². The van der Waals surface area contributed by atoms with E-state index in [1.165, 1.54) is 0 Å². The third-order valence-corrected chi connectivity index (χ3v) is 2.97. The van der Waals surface area contributed by atoms with E-state index >= 15 is 0 Å². The number of fused-ring (bicyclic) bond motifs is 3. The summed E-state index contributed by atoms with van der Waals surface area (Å²) in [7, 11) is 0. The third-order valence-electron chi connectivity index (χ3n) is 2.75. The molecule has 4 N–H and O–H groups in total. The van der Waals surface area contributed by atoms with Crippen molar-refractivity contribution in [2.24, 2.45) is 0 Å². The molecular formula is C13H9ClF3N3O2. The number of carbonyl (C=O) groups is 1. The van der Waals surface area contributed by atoms with Gasteiger partial charge in [0.2, 0.25) is 0 Å². The number of nitrogens with zero attached hydrogens (tertiary/aromatic N) is 1. The van der Waals surface area contributed by atoms with Crippen LogP contribution in [0.2, 0.25) is 5.02 Å². The van der Waals surface area contributed by atoms with Crippen LogP contribution in [0.25, 0.3) is 21.8 Å². The number of hydrogen-bond donors (Lipinski definition) is 3. The molecule has 0 saturated heterocycles. The molecule has 3 aromatic rings. The highest BCUT2D eigenvalue weighted by molar-refractivity contribution is 6.32. The number of carboxylic acids is 1. The summed E-state index contributed by atoms with van der Waals surface area (Å²) in [6, 6.07) is 5.60. The van der Waals surface area contributed by atoms with Gasteiger partial charge in [-0.25, -0.2) is 4.79 Å². The minimum Gasteiger partial charge on any atom is -0.475 e. The van der Waals surface area contributed by atoms with Gasteiger partial charge in [-0.15, -0.1) is 0 Å². The zero-order valence-corrected chi connectivity index (χ0v) is 11.5. The summed E-state index contributed by atoms with van der Waals surface area (Å²) < 4.78 is 31.7. The van der Waals surface area contributed by atoms with Gasteiger partial charge in [-0.2, -0.15) is 13.2 Å². The van der Waals surface area contributed by atoms with Crippen molar-refractivity contribution in [1.82, 2.24) is 9.97 Å². The molecule has 1 aromatic carbocycles. The summed E-state index contributed by atoms with van der Waals surface area (Å²) in [6.07, 6.45) is -1.55. The Morgan fingerprint density at radius 3 is 2.55 bits per heavy atom. The van der Waals surface area contributed by atoms with Crippen LogP contribution >= 0.6 is 11.6 Å². The highest BCUT2D eigenvalue weighted by Crippen LogP contribution is 2.31. The number of aliphatic carboxylic acids is 1. The van der Waals surface area contributed by atoms with E-state index in [2.05, 4.69) is 9.97 Å². The van der Waals surface area contributed by atoms with Crippen LogP contribution < -0.4 is 5.73 Å². The van der Waals surface area contributed by atoms with Crippen molar-refractivity contribution >= 4 is 45.1 Å². The molecule has 116 valence electrons. The number of H-pyrrole nitrogens is 1. The molecule has 22 heavy (non-hydrogen) atoms. The van der Waals surface area contributed by atoms with Crippen molar-refractivity contribution in [1.29, 1.82) is 0 Å². The molecule has 9 heteroatoms. The summed E-state index contributed by atoms with van der Waals surface area (Å²) in [4.78, 5) is 16.2. The lowest BCUT2D eigenvalue weighted by molar-refractivity contribution is -0.192. The molecule has 0 atom stereocenters. The predicted octanol–water partition coefficient (Wildman–Crippen LogP) is 3.58. The van der Waals surface area contributed by atoms with Crippen LogP contribution in [0.4, 0.5) is 18.9 Å². The third kappa shape index (κ3) is 3.22. The van der Waals surface area contributed by atoms with Crippen molar-refractivity contribution in [3.05, 3.63) is 35.6 Å². The smallest absolute Gasteiger partial charge is 0.475 e. The van der Waals surface area contributed by atoms with E-state index in [-0.39, 0.29) is 0 Å². The average molecular weight is 332 g/mol. The van der Waals surface area contributed by atoms with E-state index in [1.807, 2.05) is 12.1 Å². The number of rotatable bonds is 0. The largest absolute Gasteiger partial charge is 0.490 e. The van der Waals surface area contributed by atoms with Crippen molar-refractivity contribution in [3.8, 4) is 0 Å². The maximum Gasteiger partial charge on any atom is 0.490 e. The van der Waals surface area contributed by atoms with Crippen LogP contribution in [0.5, 0.6) is 0 Å². The van der Waals surface area contributed by atoms with Crippen molar-refractivity contribution in [2.45, 2.75) is 6.18 Å². The number of halogens is 4. The van der Waals surface area contributed by atoms with E-state index in [1.54, 1.807) is 18.5 Å². The van der Waals surface area contributed by atoms with E-state index in [0.29, 0.717) is 10.7 Å². The summed E-state index contributed by atoms with van der Waals surface area (Å²) in [6.45, 7) is 0. The van der Waals surface area contributed by atoms with Gasteiger partial charge in [-0.3, -0.25) is 4.98 Å². The summed E-state index contributed by atoms with van der Waals surface area (Å²) >= 11 is 5.97. The number of alkyl halides is 3. The number of aromatic amines is 1. The molecule has 0 unspecified atom stereocenters. The van der Waals surface area contributed by atoms with Gasteiger partial charge in [0.15, 0.2) is 0 Å². The molecule has 0 aliphatic heterocycles. The van der Waals surface area contributed by atoms with Gasteiger partial charge in [0.25, 0.3) is 0 Å². The van der Waals surface area contributed by atoms with Gasteiger partial charge in [0, 0.05) is 22.0 Å². The topological polar surface area (TPSA) is 92.0 Å². The monoisotopic (exact) mass is 331 g/mol. The van der Waals surface area contributed by atoms with Crippen LogP contribution in [-0.4, -0.2) is 27.2 Å². The van der Waals surface area contributed by atoms with Crippen LogP contribution in [-0.2, 0) is 4.79 Å². The molecule has 0 aliphatic rings. The van der Waals surface area contributed by atoms with E-state index < -0.39 is 12.1 Å². The highest BCUT2D eigenvalue weighted by atomic mass is 35.5. The fourth-order valence-corrected chi connectivity index (χ4v) is 2.07. The lowest BCUT2D eigenvalue weighted by Gasteiger charge is -1.97. The van der Waals surface area contributed by atoms with Crippen molar-refractivity contribution < 1.29 is 23.1 Å². The number of nitrogen functional groups attached to an aromatic ring is 1. The van der Waals surface area contributed by atoms with Crippen molar-refractivity contribution in [2.75, 3.05) is 5.73 Å². The second kappa shape index (κ2) is 5.72. The maximum absolute atomic E-state index is 10.6. The van der Waals surface area contributed by atoms with E-state index in [4.69, 9.17) is 27.2 Å². The Labute approximate surface area is 126 Å². The number of pyridine rings is 1. The van der Waals surface area contributed by atoms with E-state index in [0.717, 1.165) is 21.8 Å². The summed E-state index contributed by atoms with van der Waals surface area (Å²) in [5.41, 5.74) is 8.44. The molecule has 0 aliphatic carbocycles. The Kier molecular flexibility index (Phi) is 4.14. The molecule has 0 fully saturated rings. The van der Waals surface area contributed by atoms with Crippen molar-refractivity contribution in [3.63, 3.8) is 0 Å². The number of anilines is 1. The lowest BCUT2D eigenvalue weighted by Crippen LogP contribution is -2.21. The molecule has 0 amide bonds. The summed E-state index contributed by atoms with van der Waals surface area (Å²) in [5, 5.41) is 9.91. The predicted molar refractivity (Wildman–Crippen MR) is 76.7 cm³/mol. The first-order chi connectivity index (χ1) is 10.2. The number of carboxylic acid groups (broad SMARTS) is 1. The Bertz CT molecular complexity index is 846. The van der Waals surface area contributed by atoms with Gasteiger partial charge in [0.1, 0.15) is 0 Å². The maximum atomic E-state index is 10.6. The van der Waals surface area contributed by atoms with Crippen LogP contribution in [0, 0.1) is 0 Å². The molecule has 2 aromatic heterocycles. The van der Waals surface area contributed by atoms with Gasteiger partial charge in [0.05, 0.1) is 22.9 Å². The number of benzene rings is 1. The number of nitrogens with one attached hydrogen (secondary N) is 1. The number of nitrogens with two attached hydrogens (primary N) is 1. The number of aromatic nitrogens is 2. The minimum absolute atomic E-state index is 0.651. The Morgan fingerprint density at radius 2 is 1.95 bits per heavy atom. The van der Waals surface area contributed by atoms with Crippen LogP contribution in [0.15, 0.2) is 30.6 Å². The SMILES string of the molecule is Nc1cc(Cl)cc2c1[nH]c1cnccc12.O=C(O)C(F)(F)F. The first-order valence-electron chi connectivity index (χ1n) is 5.80. The molecule has 5 nitrogen and oxygen atoms in total. The zero-order valence-electron chi connectivity index (χ0n) is 10.8. The van der Waals surface area contributed by atoms with Crippen LogP contribution in [0.1, 0.15) is 0 Å². The highest BCUT2D eigenvalue weighted by Gasteiger charge is 2.38. The molecule has 0 bridgehead atoms. The molecule has 0 spiro atoms. The fraction of sp³-hybridized carbons (Fsp3) is 0.0769. The first-order valence-corrected chi connectivity index (χ1v) is 6.18. The molecule has 2 heterocycles. The van der Waals surface area contributed by atoms with Gasteiger partial charge in [-0.1, -0.05) is 11.6 Å². The average Bonchev–Trinajstić information content (AvgIpc) is 2.78. The normalized spacial score (nSPS) is 11.3. The van der Waals surface area contributed by atoms with Gasteiger partial charge in [-0.05, 0) is 18.2 Å².